The molecular formula is C18H20N2O3. The van der Waals surface area contributed by atoms with Crippen molar-refractivity contribution in [3.05, 3.63) is 54.1 Å². The van der Waals surface area contributed by atoms with Crippen LogP contribution in [-0.4, -0.2) is 25.8 Å². The molecule has 0 radical (unpaired) electrons. The third-order valence-corrected chi connectivity index (χ3v) is 3.54. The fourth-order valence-electron chi connectivity index (χ4n) is 2.38. The zero-order valence-corrected chi connectivity index (χ0v) is 12.9. The predicted octanol–water partition coefficient (Wildman–Crippen LogP) is 3.21. The van der Waals surface area contributed by atoms with Crippen LogP contribution in [0.25, 0.3) is 0 Å². The van der Waals surface area contributed by atoms with Crippen molar-refractivity contribution >= 4 is 11.7 Å². The summed E-state index contributed by atoms with van der Waals surface area (Å²) in [7, 11) is 0. The first kappa shape index (κ1) is 15.2. The first-order valence-corrected chi connectivity index (χ1v) is 7.80. The number of anilines is 1. The molecule has 2 amide bonds. The summed E-state index contributed by atoms with van der Waals surface area (Å²) < 4.78 is 11.3. The molecular weight excluding hydrogens is 292 g/mol. The lowest BCUT2D eigenvalue weighted by atomic mass is 10.1. The lowest BCUT2D eigenvalue weighted by Crippen LogP contribution is -2.30. The van der Waals surface area contributed by atoms with E-state index in [-0.39, 0.29) is 6.03 Å². The third kappa shape index (κ3) is 4.39. The minimum atomic E-state index is -0.203. The maximum Gasteiger partial charge on any atom is 0.319 e. The van der Waals surface area contributed by atoms with Crippen LogP contribution in [0.15, 0.2) is 48.5 Å². The second-order valence-electron chi connectivity index (χ2n) is 5.33. The van der Waals surface area contributed by atoms with Gasteiger partial charge in [0.05, 0.1) is 13.2 Å². The van der Waals surface area contributed by atoms with Gasteiger partial charge in [-0.3, -0.25) is 0 Å². The summed E-state index contributed by atoms with van der Waals surface area (Å²) in [5, 5.41) is 5.64. The second kappa shape index (κ2) is 7.54. The number of rotatable bonds is 4. The van der Waals surface area contributed by atoms with Gasteiger partial charge in [-0.05, 0) is 36.2 Å². The molecule has 0 aliphatic carbocycles. The lowest BCUT2D eigenvalue weighted by molar-refractivity contribution is 0.252. The number of urea groups is 1. The Hall–Kier alpha value is -2.69. The number of carbonyl (C=O) groups excluding carboxylic acids is 1. The van der Waals surface area contributed by atoms with Crippen molar-refractivity contribution in [2.75, 3.05) is 25.1 Å². The van der Waals surface area contributed by atoms with E-state index in [0.29, 0.717) is 19.8 Å². The standard InChI is InChI=1S/C18H20N2O3/c21-18(20-15-5-2-1-3-6-15)19-10-9-14-7-8-16-17(13-14)23-12-4-11-22-16/h1-3,5-8,13H,4,9-12H2,(H2,19,20,21). The molecule has 0 fully saturated rings. The predicted molar refractivity (Wildman–Crippen MR) is 89.2 cm³/mol. The van der Waals surface area contributed by atoms with Crippen molar-refractivity contribution in [2.24, 2.45) is 0 Å². The summed E-state index contributed by atoms with van der Waals surface area (Å²) >= 11 is 0. The van der Waals surface area contributed by atoms with Crippen LogP contribution >= 0.6 is 0 Å². The molecule has 5 nitrogen and oxygen atoms in total. The number of fused-ring (bicyclic) bond motifs is 1. The first-order valence-electron chi connectivity index (χ1n) is 7.80. The molecule has 0 saturated carbocycles. The number of hydrogen-bond acceptors (Lipinski definition) is 3. The molecule has 2 aromatic rings. The zero-order chi connectivity index (χ0) is 15.9. The van der Waals surface area contributed by atoms with Crippen LogP contribution in [0.4, 0.5) is 10.5 Å². The Kier molecular flexibility index (Phi) is 4.99. The highest BCUT2D eigenvalue weighted by Crippen LogP contribution is 2.30. The van der Waals surface area contributed by atoms with Crippen molar-refractivity contribution in [1.82, 2.24) is 5.32 Å². The Labute approximate surface area is 135 Å². The fourth-order valence-corrected chi connectivity index (χ4v) is 2.38. The van der Waals surface area contributed by atoms with Crippen molar-refractivity contribution in [3.63, 3.8) is 0 Å². The van der Waals surface area contributed by atoms with Crippen LogP contribution in [0.1, 0.15) is 12.0 Å². The molecule has 1 heterocycles. The fraction of sp³-hybridized carbons (Fsp3) is 0.278. The number of nitrogens with one attached hydrogen (secondary N) is 2. The number of ether oxygens (including phenoxy) is 2. The topological polar surface area (TPSA) is 59.6 Å². The summed E-state index contributed by atoms with van der Waals surface area (Å²) in [5.41, 5.74) is 1.88. The quantitative estimate of drug-likeness (QED) is 0.911. The zero-order valence-electron chi connectivity index (χ0n) is 12.9. The normalized spacial score (nSPS) is 13.0. The van der Waals surface area contributed by atoms with E-state index in [1.54, 1.807) is 0 Å². The van der Waals surface area contributed by atoms with Crippen molar-refractivity contribution < 1.29 is 14.3 Å². The number of carbonyl (C=O) groups is 1. The Bertz CT molecular complexity index is 659. The van der Waals surface area contributed by atoms with E-state index in [4.69, 9.17) is 9.47 Å². The molecule has 120 valence electrons. The summed E-state index contributed by atoms with van der Waals surface area (Å²) in [6, 6.07) is 15.1. The molecule has 0 spiro atoms. The Morgan fingerprint density at radius 1 is 1.00 bits per heavy atom. The van der Waals surface area contributed by atoms with E-state index < -0.39 is 0 Å². The summed E-state index contributed by atoms with van der Waals surface area (Å²) in [6.07, 6.45) is 1.63. The third-order valence-electron chi connectivity index (χ3n) is 3.54. The average molecular weight is 312 g/mol. The van der Waals surface area contributed by atoms with Crippen LogP contribution in [-0.2, 0) is 6.42 Å². The molecule has 0 saturated heterocycles. The Morgan fingerprint density at radius 2 is 1.78 bits per heavy atom. The largest absolute Gasteiger partial charge is 0.490 e. The van der Waals surface area contributed by atoms with E-state index in [9.17, 15) is 4.79 Å². The first-order chi connectivity index (χ1) is 11.3. The minimum Gasteiger partial charge on any atom is -0.490 e. The van der Waals surface area contributed by atoms with Gasteiger partial charge in [-0.2, -0.15) is 0 Å². The van der Waals surface area contributed by atoms with E-state index in [1.165, 1.54) is 0 Å². The van der Waals surface area contributed by atoms with E-state index in [2.05, 4.69) is 10.6 Å². The number of benzene rings is 2. The van der Waals surface area contributed by atoms with Crippen LogP contribution in [0.5, 0.6) is 11.5 Å². The van der Waals surface area contributed by atoms with Gasteiger partial charge in [0.1, 0.15) is 0 Å². The van der Waals surface area contributed by atoms with Gasteiger partial charge in [0, 0.05) is 18.7 Å². The summed E-state index contributed by atoms with van der Waals surface area (Å²) in [6.45, 7) is 1.92. The highest BCUT2D eigenvalue weighted by atomic mass is 16.5. The van der Waals surface area contributed by atoms with Crippen LogP contribution in [0.2, 0.25) is 0 Å². The average Bonchev–Trinajstić information content (AvgIpc) is 2.80. The molecule has 2 aromatic carbocycles. The number of hydrogen-bond donors (Lipinski definition) is 2. The van der Waals surface area contributed by atoms with Crippen LogP contribution in [0, 0.1) is 0 Å². The van der Waals surface area contributed by atoms with Gasteiger partial charge in [-0.1, -0.05) is 24.3 Å². The van der Waals surface area contributed by atoms with Crippen molar-refractivity contribution in [1.29, 1.82) is 0 Å². The van der Waals surface area contributed by atoms with Gasteiger partial charge >= 0.3 is 6.03 Å². The van der Waals surface area contributed by atoms with Crippen molar-refractivity contribution in [3.8, 4) is 11.5 Å². The Balaban J connectivity index is 1.49. The van der Waals surface area contributed by atoms with E-state index in [1.807, 2.05) is 48.5 Å². The molecule has 2 N–H and O–H groups in total. The van der Waals surface area contributed by atoms with E-state index >= 15 is 0 Å². The molecule has 0 aromatic heterocycles. The SMILES string of the molecule is O=C(NCCc1ccc2c(c1)OCCCO2)Nc1ccccc1. The minimum absolute atomic E-state index is 0.203. The Morgan fingerprint density at radius 3 is 2.61 bits per heavy atom. The molecule has 1 aliphatic rings. The molecule has 23 heavy (non-hydrogen) atoms. The smallest absolute Gasteiger partial charge is 0.319 e. The summed E-state index contributed by atoms with van der Waals surface area (Å²) in [5.74, 6) is 1.58. The molecule has 1 aliphatic heterocycles. The number of para-hydroxylation sites is 1. The van der Waals surface area contributed by atoms with Crippen LogP contribution < -0.4 is 20.1 Å². The highest BCUT2D eigenvalue weighted by molar-refractivity contribution is 5.89. The molecule has 0 atom stereocenters. The molecule has 0 unspecified atom stereocenters. The van der Waals surface area contributed by atoms with Gasteiger partial charge in [0.25, 0.3) is 0 Å². The second-order valence-corrected chi connectivity index (χ2v) is 5.33. The van der Waals surface area contributed by atoms with Gasteiger partial charge in [-0.15, -0.1) is 0 Å². The lowest BCUT2D eigenvalue weighted by Gasteiger charge is -2.10. The van der Waals surface area contributed by atoms with Crippen LogP contribution in [0.3, 0.4) is 0 Å². The molecule has 5 heteroatoms. The van der Waals surface area contributed by atoms with Gasteiger partial charge < -0.3 is 20.1 Å². The molecule has 0 bridgehead atoms. The molecule has 3 rings (SSSR count). The maximum atomic E-state index is 11.8. The maximum absolute atomic E-state index is 11.8. The highest BCUT2D eigenvalue weighted by Gasteiger charge is 2.10. The van der Waals surface area contributed by atoms with Crippen molar-refractivity contribution in [2.45, 2.75) is 12.8 Å². The van der Waals surface area contributed by atoms with Gasteiger partial charge in [0.2, 0.25) is 0 Å². The monoisotopic (exact) mass is 312 g/mol. The van der Waals surface area contributed by atoms with Gasteiger partial charge in [-0.25, -0.2) is 4.79 Å². The number of amides is 2. The van der Waals surface area contributed by atoms with E-state index in [0.717, 1.165) is 35.6 Å². The summed E-state index contributed by atoms with van der Waals surface area (Å²) in [4.78, 5) is 11.8. The van der Waals surface area contributed by atoms with Gasteiger partial charge in [0.15, 0.2) is 11.5 Å².